The van der Waals surface area contributed by atoms with Crippen molar-refractivity contribution >= 4 is 28.5 Å². The Morgan fingerprint density at radius 3 is 2.27 bits per heavy atom. The molecule has 3 rings (SSSR count). The van der Waals surface area contributed by atoms with Gasteiger partial charge in [0, 0.05) is 28.9 Å². The number of methoxy groups -OCH3 is 3. The molecule has 3 aromatic rings. The molecule has 1 N–H and O–H groups in total. The van der Waals surface area contributed by atoms with Crippen molar-refractivity contribution in [3.63, 3.8) is 0 Å². The first-order valence-electron chi connectivity index (χ1n) is 9.10. The van der Waals surface area contributed by atoms with Crippen LogP contribution in [-0.2, 0) is 9.53 Å². The number of para-hydroxylation sites is 1. The second-order valence-corrected chi connectivity index (χ2v) is 6.37. The van der Waals surface area contributed by atoms with Gasteiger partial charge in [-0.2, -0.15) is 0 Å². The molecular formula is C22H22N2O6. The SMILES string of the molecule is COc1cc(NC(=O)COC(=O)c2cc(C)nc3ccccc23)cc(OC)c1OC. The fraction of sp³-hybridized carbons (Fsp3) is 0.227. The third-order valence-electron chi connectivity index (χ3n) is 4.35. The van der Waals surface area contributed by atoms with Gasteiger partial charge in [-0.05, 0) is 19.1 Å². The van der Waals surface area contributed by atoms with E-state index in [2.05, 4.69) is 10.3 Å². The standard InChI is InChI=1S/C22H22N2O6/c1-13-9-16(15-7-5-6-8-17(15)23-13)22(26)30-12-20(25)24-14-10-18(27-2)21(29-4)19(11-14)28-3/h5-11H,12H2,1-4H3,(H,24,25). The van der Waals surface area contributed by atoms with E-state index in [1.165, 1.54) is 21.3 Å². The zero-order chi connectivity index (χ0) is 21.7. The maximum Gasteiger partial charge on any atom is 0.339 e. The predicted octanol–water partition coefficient (Wildman–Crippen LogP) is 3.36. The van der Waals surface area contributed by atoms with Crippen molar-refractivity contribution in [1.82, 2.24) is 4.98 Å². The van der Waals surface area contributed by atoms with E-state index in [9.17, 15) is 9.59 Å². The Hall–Kier alpha value is -3.81. The lowest BCUT2D eigenvalue weighted by atomic mass is 10.1. The number of benzene rings is 2. The van der Waals surface area contributed by atoms with Crippen molar-refractivity contribution in [3.8, 4) is 17.2 Å². The number of carbonyl (C=O) groups excluding carboxylic acids is 2. The maximum atomic E-state index is 12.6. The van der Waals surface area contributed by atoms with Crippen LogP contribution in [0.3, 0.4) is 0 Å². The number of pyridine rings is 1. The number of anilines is 1. The van der Waals surface area contributed by atoms with Crippen molar-refractivity contribution in [3.05, 3.63) is 53.7 Å². The molecule has 1 aromatic heterocycles. The average molecular weight is 410 g/mol. The van der Waals surface area contributed by atoms with E-state index in [-0.39, 0.29) is 0 Å². The molecule has 2 aromatic carbocycles. The van der Waals surface area contributed by atoms with Crippen LogP contribution in [0.4, 0.5) is 5.69 Å². The highest BCUT2D eigenvalue weighted by molar-refractivity contribution is 6.04. The Morgan fingerprint density at radius 1 is 0.967 bits per heavy atom. The number of nitrogens with one attached hydrogen (secondary N) is 1. The summed E-state index contributed by atoms with van der Waals surface area (Å²) in [5.74, 6) is 0.0829. The molecule has 0 unspecified atom stereocenters. The summed E-state index contributed by atoms with van der Waals surface area (Å²) in [4.78, 5) is 29.3. The van der Waals surface area contributed by atoms with Gasteiger partial charge < -0.3 is 24.3 Å². The van der Waals surface area contributed by atoms with Gasteiger partial charge in [0.2, 0.25) is 5.75 Å². The molecule has 0 aliphatic carbocycles. The number of aromatic nitrogens is 1. The topological polar surface area (TPSA) is 96.0 Å². The molecule has 30 heavy (non-hydrogen) atoms. The Morgan fingerprint density at radius 2 is 1.63 bits per heavy atom. The molecule has 8 heteroatoms. The molecule has 0 radical (unpaired) electrons. The van der Waals surface area contributed by atoms with Crippen LogP contribution in [0.1, 0.15) is 16.1 Å². The average Bonchev–Trinajstić information content (AvgIpc) is 2.75. The number of esters is 1. The molecule has 1 heterocycles. The Balaban J connectivity index is 1.72. The fourth-order valence-electron chi connectivity index (χ4n) is 3.04. The van der Waals surface area contributed by atoms with Crippen molar-refractivity contribution in [2.24, 2.45) is 0 Å². The van der Waals surface area contributed by atoms with Gasteiger partial charge in [0.25, 0.3) is 5.91 Å². The summed E-state index contributed by atoms with van der Waals surface area (Å²) < 4.78 is 21.0. The molecule has 0 aliphatic rings. The number of ether oxygens (including phenoxy) is 4. The summed E-state index contributed by atoms with van der Waals surface area (Å²) in [6, 6.07) is 12.1. The lowest BCUT2D eigenvalue weighted by molar-refractivity contribution is -0.119. The zero-order valence-electron chi connectivity index (χ0n) is 17.1. The van der Waals surface area contributed by atoms with E-state index >= 15 is 0 Å². The summed E-state index contributed by atoms with van der Waals surface area (Å²) in [6.07, 6.45) is 0. The fourth-order valence-corrected chi connectivity index (χ4v) is 3.04. The normalized spacial score (nSPS) is 10.4. The van der Waals surface area contributed by atoms with Gasteiger partial charge in [-0.25, -0.2) is 4.79 Å². The Labute approximate surface area is 173 Å². The van der Waals surface area contributed by atoms with Crippen LogP contribution in [0.2, 0.25) is 0 Å². The molecule has 0 saturated carbocycles. The van der Waals surface area contributed by atoms with Crippen molar-refractivity contribution in [2.75, 3.05) is 33.3 Å². The van der Waals surface area contributed by atoms with Gasteiger partial charge in [0.05, 0.1) is 32.4 Å². The van der Waals surface area contributed by atoms with E-state index in [1.54, 1.807) is 31.2 Å². The largest absolute Gasteiger partial charge is 0.493 e. The molecule has 8 nitrogen and oxygen atoms in total. The van der Waals surface area contributed by atoms with E-state index in [1.807, 2.05) is 18.2 Å². The van der Waals surface area contributed by atoms with Gasteiger partial charge in [-0.3, -0.25) is 9.78 Å². The first-order valence-corrected chi connectivity index (χ1v) is 9.10. The highest BCUT2D eigenvalue weighted by Gasteiger charge is 2.17. The summed E-state index contributed by atoms with van der Waals surface area (Å²) in [6.45, 7) is 1.34. The minimum atomic E-state index is -0.600. The van der Waals surface area contributed by atoms with E-state index < -0.39 is 18.5 Å². The second-order valence-electron chi connectivity index (χ2n) is 6.37. The number of hydrogen-bond acceptors (Lipinski definition) is 7. The second kappa shape index (κ2) is 9.13. The van der Waals surface area contributed by atoms with Crippen LogP contribution in [0.15, 0.2) is 42.5 Å². The zero-order valence-corrected chi connectivity index (χ0v) is 17.1. The maximum absolute atomic E-state index is 12.6. The lowest BCUT2D eigenvalue weighted by Crippen LogP contribution is -2.21. The number of aryl methyl sites for hydroxylation is 1. The van der Waals surface area contributed by atoms with Gasteiger partial charge in [0.15, 0.2) is 18.1 Å². The third-order valence-corrected chi connectivity index (χ3v) is 4.35. The van der Waals surface area contributed by atoms with E-state index in [0.29, 0.717) is 45.1 Å². The quantitative estimate of drug-likeness (QED) is 0.597. The molecule has 0 aliphatic heterocycles. The van der Waals surface area contributed by atoms with Gasteiger partial charge in [0.1, 0.15) is 0 Å². The van der Waals surface area contributed by atoms with Crippen LogP contribution in [0.5, 0.6) is 17.2 Å². The van der Waals surface area contributed by atoms with E-state index in [4.69, 9.17) is 18.9 Å². The monoisotopic (exact) mass is 410 g/mol. The number of nitrogens with zero attached hydrogens (tertiary/aromatic N) is 1. The Bertz CT molecular complexity index is 1070. The first kappa shape index (κ1) is 20.9. The minimum absolute atomic E-state index is 0.360. The first-order chi connectivity index (χ1) is 14.5. The van der Waals surface area contributed by atoms with Crippen LogP contribution in [-0.4, -0.2) is 44.8 Å². The number of carbonyl (C=O) groups is 2. The molecular weight excluding hydrogens is 388 g/mol. The summed E-state index contributed by atoms with van der Waals surface area (Å²) in [7, 11) is 4.44. The molecule has 0 saturated heterocycles. The Kier molecular flexibility index (Phi) is 6.36. The predicted molar refractivity (Wildman–Crippen MR) is 111 cm³/mol. The lowest BCUT2D eigenvalue weighted by Gasteiger charge is -2.14. The van der Waals surface area contributed by atoms with Crippen molar-refractivity contribution in [2.45, 2.75) is 6.92 Å². The number of amides is 1. The van der Waals surface area contributed by atoms with Crippen molar-refractivity contribution in [1.29, 1.82) is 0 Å². The van der Waals surface area contributed by atoms with Gasteiger partial charge in [-0.15, -0.1) is 0 Å². The molecule has 0 bridgehead atoms. The summed E-state index contributed by atoms with van der Waals surface area (Å²) >= 11 is 0. The summed E-state index contributed by atoms with van der Waals surface area (Å²) in [5, 5.41) is 3.32. The molecule has 0 fully saturated rings. The van der Waals surface area contributed by atoms with Crippen molar-refractivity contribution < 1.29 is 28.5 Å². The number of fused-ring (bicyclic) bond motifs is 1. The molecule has 0 atom stereocenters. The molecule has 1 amide bonds. The van der Waals surface area contributed by atoms with Crippen LogP contribution in [0.25, 0.3) is 10.9 Å². The highest BCUT2D eigenvalue weighted by Crippen LogP contribution is 2.39. The molecule has 0 spiro atoms. The van der Waals surface area contributed by atoms with Gasteiger partial charge >= 0.3 is 5.97 Å². The van der Waals surface area contributed by atoms with Crippen LogP contribution < -0.4 is 19.5 Å². The molecule has 156 valence electrons. The summed E-state index contributed by atoms with van der Waals surface area (Å²) in [5.41, 5.74) is 2.14. The third kappa shape index (κ3) is 4.43. The minimum Gasteiger partial charge on any atom is -0.493 e. The smallest absolute Gasteiger partial charge is 0.339 e. The van der Waals surface area contributed by atoms with Gasteiger partial charge in [-0.1, -0.05) is 18.2 Å². The number of rotatable bonds is 7. The van der Waals surface area contributed by atoms with Crippen LogP contribution >= 0.6 is 0 Å². The van der Waals surface area contributed by atoms with E-state index in [0.717, 1.165) is 0 Å². The highest BCUT2D eigenvalue weighted by atomic mass is 16.5. The van der Waals surface area contributed by atoms with Crippen LogP contribution in [0, 0.1) is 6.92 Å². The number of hydrogen-bond donors (Lipinski definition) is 1.